The van der Waals surface area contributed by atoms with E-state index < -0.39 is 11.5 Å². The van der Waals surface area contributed by atoms with Crippen LogP contribution in [0.25, 0.3) is 0 Å². The lowest BCUT2D eigenvalue weighted by Gasteiger charge is -2.28. The molecule has 2 N–H and O–H groups in total. The molecule has 3 nitrogen and oxygen atoms in total. The molecule has 1 aromatic carbocycles. The average Bonchev–Trinajstić information content (AvgIpc) is 2.30. The third kappa shape index (κ3) is 5.43. The second kappa shape index (κ2) is 7.17. The quantitative estimate of drug-likeness (QED) is 0.810. The van der Waals surface area contributed by atoms with Gasteiger partial charge < -0.3 is 5.11 Å². The molecule has 0 aliphatic rings. The summed E-state index contributed by atoms with van der Waals surface area (Å²) in [5, 5.41) is 13.1. The van der Waals surface area contributed by atoms with Gasteiger partial charge in [0.05, 0.1) is 0 Å². The highest BCUT2D eigenvalue weighted by Crippen LogP contribution is 2.20. The van der Waals surface area contributed by atoms with Gasteiger partial charge in [-0.3, -0.25) is 10.1 Å². The van der Waals surface area contributed by atoms with Gasteiger partial charge in [0.25, 0.3) is 0 Å². The van der Waals surface area contributed by atoms with Gasteiger partial charge in [-0.05, 0) is 38.5 Å². The average molecular weight is 302 g/mol. The van der Waals surface area contributed by atoms with Crippen molar-refractivity contribution in [2.75, 3.05) is 5.75 Å². The molecule has 0 bridgehead atoms. The van der Waals surface area contributed by atoms with E-state index in [2.05, 4.69) is 5.32 Å². The third-order valence-electron chi connectivity index (χ3n) is 2.65. The highest BCUT2D eigenvalue weighted by Gasteiger charge is 2.33. The Balaban J connectivity index is 2.53. The molecule has 1 rings (SSSR count). The van der Waals surface area contributed by atoms with Crippen LogP contribution in [0.3, 0.4) is 0 Å². The SMILES string of the molecule is CC(C)NC(C)(CSCc1ccc(Cl)cc1)C(=O)O. The standard InChI is InChI=1S/C14H20ClNO2S/c1-10(2)16-14(3,13(17)18)9-19-8-11-4-6-12(15)7-5-11/h4-7,10,16H,8-9H2,1-3H3,(H,17,18). The molecule has 0 aromatic heterocycles. The summed E-state index contributed by atoms with van der Waals surface area (Å²) in [6, 6.07) is 7.75. The Kier molecular flexibility index (Phi) is 6.17. The number of thioether (sulfide) groups is 1. The number of hydrogen-bond acceptors (Lipinski definition) is 3. The summed E-state index contributed by atoms with van der Waals surface area (Å²) in [6.45, 7) is 5.63. The fourth-order valence-electron chi connectivity index (χ4n) is 1.76. The summed E-state index contributed by atoms with van der Waals surface area (Å²) in [5.74, 6) is 0.480. The van der Waals surface area contributed by atoms with E-state index >= 15 is 0 Å². The van der Waals surface area contributed by atoms with E-state index in [9.17, 15) is 9.90 Å². The minimum Gasteiger partial charge on any atom is -0.480 e. The molecule has 106 valence electrons. The Bertz CT molecular complexity index is 422. The van der Waals surface area contributed by atoms with Gasteiger partial charge in [-0.2, -0.15) is 11.8 Å². The van der Waals surface area contributed by atoms with Crippen LogP contribution in [-0.2, 0) is 10.5 Å². The molecule has 0 aliphatic heterocycles. The Morgan fingerprint density at radius 1 is 1.42 bits per heavy atom. The van der Waals surface area contributed by atoms with Crippen molar-refractivity contribution < 1.29 is 9.90 Å². The maximum atomic E-state index is 11.4. The van der Waals surface area contributed by atoms with Crippen molar-refractivity contribution >= 4 is 29.3 Å². The van der Waals surface area contributed by atoms with Crippen LogP contribution >= 0.6 is 23.4 Å². The second-order valence-electron chi connectivity index (χ2n) is 5.06. The van der Waals surface area contributed by atoms with Crippen molar-refractivity contribution in [3.63, 3.8) is 0 Å². The number of hydrogen-bond donors (Lipinski definition) is 2. The minimum absolute atomic E-state index is 0.136. The molecule has 1 aromatic rings. The molecular weight excluding hydrogens is 282 g/mol. The van der Waals surface area contributed by atoms with Crippen LogP contribution in [0.1, 0.15) is 26.3 Å². The Hall–Kier alpha value is -0.710. The summed E-state index contributed by atoms with van der Waals surface area (Å²) in [6.07, 6.45) is 0. The van der Waals surface area contributed by atoms with Crippen LogP contribution < -0.4 is 5.32 Å². The van der Waals surface area contributed by atoms with Gasteiger partial charge in [0.15, 0.2) is 0 Å². The minimum atomic E-state index is -0.898. The molecule has 0 fully saturated rings. The maximum Gasteiger partial charge on any atom is 0.324 e. The first-order valence-corrected chi connectivity index (χ1v) is 7.70. The van der Waals surface area contributed by atoms with Crippen molar-refractivity contribution in [1.82, 2.24) is 5.32 Å². The zero-order chi connectivity index (χ0) is 14.5. The molecule has 1 unspecified atom stereocenters. The molecular formula is C14H20ClNO2S. The molecule has 0 heterocycles. The lowest BCUT2D eigenvalue weighted by molar-refractivity contribution is -0.143. The van der Waals surface area contributed by atoms with Crippen LogP contribution in [0.4, 0.5) is 0 Å². The first-order valence-electron chi connectivity index (χ1n) is 6.17. The summed E-state index contributed by atoms with van der Waals surface area (Å²) >= 11 is 7.43. The number of benzene rings is 1. The van der Waals surface area contributed by atoms with Crippen LogP contribution in [-0.4, -0.2) is 28.4 Å². The van der Waals surface area contributed by atoms with Gasteiger partial charge in [0, 0.05) is 22.6 Å². The predicted molar refractivity (Wildman–Crippen MR) is 81.9 cm³/mol. The molecule has 0 radical (unpaired) electrons. The first-order chi connectivity index (χ1) is 8.83. The van der Waals surface area contributed by atoms with Crippen molar-refractivity contribution in [3.8, 4) is 0 Å². The van der Waals surface area contributed by atoms with Gasteiger partial charge >= 0.3 is 5.97 Å². The number of carbonyl (C=O) groups is 1. The summed E-state index contributed by atoms with van der Waals surface area (Å²) in [4.78, 5) is 11.4. The Labute approximate surface area is 123 Å². The van der Waals surface area contributed by atoms with Crippen LogP contribution in [0, 0.1) is 0 Å². The fourth-order valence-corrected chi connectivity index (χ4v) is 3.03. The summed E-state index contributed by atoms with van der Waals surface area (Å²) < 4.78 is 0. The first kappa shape index (κ1) is 16.3. The van der Waals surface area contributed by atoms with E-state index in [1.807, 2.05) is 38.1 Å². The smallest absolute Gasteiger partial charge is 0.324 e. The molecule has 19 heavy (non-hydrogen) atoms. The van der Waals surface area contributed by atoms with Crippen LogP contribution in [0.15, 0.2) is 24.3 Å². The van der Waals surface area contributed by atoms with E-state index in [0.717, 1.165) is 11.3 Å². The third-order valence-corrected chi connectivity index (χ3v) is 4.22. The van der Waals surface area contributed by atoms with Crippen molar-refractivity contribution in [1.29, 1.82) is 0 Å². The summed E-state index contributed by atoms with van der Waals surface area (Å²) in [5.41, 5.74) is 0.248. The van der Waals surface area contributed by atoms with Gasteiger partial charge in [0.1, 0.15) is 5.54 Å². The van der Waals surface area contributed by atoms with E-state index in [1.54, 1.807) is 18.7 Å². The molecule has 0 saturated carbocycles. The van der Waals surface area contributed by atoms with E-state index in [1.165, 1.54) is 0 Å². The molecule has 0 amide bonds. The molecule has 0 saturated heterocycles. The van der Waals surface area contributed by atoms with Gasteiger partial charge in [-0.25, -0.2) is 0 Å². The van der Waals surface area contributed by atoms with Gasteiger partial charge in [0.2, 0.25) is 0 Å². The topological polar surface area (TPSA) is 49.3 Å². The predicted octanol–water partition coefficient (Wildman–Crippen LogP) is 3.41. The molecule has 5 heteroatoms. The highest BCUT2D eigenvalue weighted by molar-refractivity contribution is 7.98. The summed E-state index contributed by atoms with van der Waals surface area (Å²) in [7, 11) is 0. The van der Waals surface area contributed by atoms with Gasteiger partial charge in [-0.1, -0.05) is 23.7 Å². The van der Waals surface area contributed by atoms with E-state index in [-0.39, 0.29) is 6.04 Å². The number of halogens is 1. The number of rotatable bonds is 7. The lowest BCUT2D eigenvalue weighted by atomic mass is 10.1. The zero-order valence-corrected chi connectivity index (χ0v) is 13.0. The van der Waals surface area contributed by atoms with Crippen molar-refractivity contribution in [2.45, 2.75) is 38.1 Å². The molecule has 0 aliphatic carbocycles. The van der Waals surface area contributed by atoms with E-state index in [0.29, 0.717) is 10.8 Å². The van der Waals surface area contributed by atoms with Gasteiger partial charge in [-0.15, -0.1) is 0 Å². The lowest BCUT2D eigenvalue weighted by Crippen LogP contribution is -2.54. The van der Waals surface area contributed by atoms with E-state index in [4.69, 9.17) is 11.6 Å². The monoisotopic (exact) mass is 301 g/mol. The second-order valence-corrected chi connectivity index (χ2v) is 6.48. The Morgan fingerprint density at radius 3 is 2.47 bits per heavy atom. The number of aliphatic carboxylic acids is 1. The number of nitrogens with one attached hydrogen (secondary N) is 1. The Morgan fingerprint density at radius 2 is 2.00 bits per heavy atom. The van der Waals surface area contributed by atoms with Crippen LogP contribution in [0.2, 0.25) is 5.02 Å². The molecule has 0 spiro atoms. The maximum absolute atomic E-state index is 11.4. The fraction of sp³-hybridized carbons (Fsp3) is 0.500. The van der Waals surface area contributed by atoms with Crippen molar-refractivity contribution in [2.24, 2.45) is 0 Å². The largest absolute Gasteiger partial charge is 0.480 e. The number of carboxylic acid groups (broad SMARTS) is 1. The number of carboxylic acids is 1. The molecule has 1 atom stereocenters. The van der Waals surface area contributed by atoms with Crippen molar-refractivity contribution in [3.05, 3.63) is 34.9 Å². The normalized spacial score (nSPS) is 14.4. The highest BCUT2D eigenvalue weighted by atomic mass is 35.5. The van der Waals surface area contributed by atoms with Crippen LogP contribution in [0.5, 0.6) is 0 Å². The zero-order valence-electron chi connectivity index (χ0n) is 11.4.